The van der Waals surface area contributed by atoms with Gasteiger partial charge in [0.15, 0.2) is 5.78 Å². The zero-order valence-corrected chi connectivity index (χ0v) is 9.71. The Morgan fingerprint density at radius 1 is 1.27 bits per heavy atom. The Balaban J connectivity index is 2.93. The molecule has 0 N–H and O–H groups in total. The highest BCUT2D eigenvalue weighted by Crippen LogP contribution is 2.28. The van der Waals surface area contributed by atoms with Crippen molar-refractivity contribution in [2.24, 2.45) is 5.41 Å². The lowest BCUT2D eigenvalue weighted by Crippen LogP contribution is -2.23. The molecule has 1 nitrogen and oxygen atoms in total. The van der Waals surface area contributed by atoms with Gasteiger partial charge in [0.1, 0.15) is 0 Å². The van der Waals surface area contributed by atoms with Gasteiger partial charge in [-0.1, -0.05) is 57.7 Å². The smallest absolute Gasteiger partial charge is 0.168 e. The molecule has 0 aromatic heterocycles. The molecule has 0 aliphatic heterocycles. The molecule has 0 saturated carbocycles. The third-order valence-electron chi connectivity index (χ3n) is 2.89. The fraction of sp³-hybridized carbons (Fsp3) is 0.357. The molecule has 0 aliphatic rings. The third-order valence-corrected chi connectivity index (χ3v) is 2.89. The number of ketones is 1. The molecule has 0 radical (unpaired) electrons. The summed E-state index contributed by atoms with van der Waals surface area (Å²) in [6.07, 6.45) is 0.831. The highest BCUT2D eigenvalue weighted by atomic mass is 16.1. The second kappa shape index (κ2) is 4.43. The van der Waals surface area contributed by atoms with Crippen LogP contribution in [0, 0.1) is 5.41 Å². The molecule has 0 unspecified atom stereocenters. The molecular formula is C14H18O. The van der Waals surface area contributed by atoms with Crippen LogP contribution < -0.4 is 0 Å². The van der Waals surface area contributed by atoms with E-state index in [9.17, 15) is 4.79 Å². The second-order valence-corrected chi connectivity index (χ2v) is 4.41. The molecule has 0 aliphatic carbocycles. The van der Waals surface area contributed by atoms with Crippen LogP contribution in [-0.2, 0) is 4.79 Å². The predicted octanol–water partition coefficient (Wildman–Crippen LogP) is 3.71. The zero-order valence-electron chi connectivity index (χ0n) is 9.71. The lowest BCUT2D eigenvalue weighted by Gasteiger charge is -2.22. The Bertz CT molecular complexity index is 360. The molecule has 0 heterocycles. The largest absolute Gasteiger partial charge is 0.294 e. The van der Waals surface area contributed by atoms with Crippen LogP contribution in [0.15, 0.2) is 36.9 Å². The molecule has 80 valence electrons. The zero-order chi connectivity index (χ0) is 11.5. The normalized spacial score (nSPS) is 11.1. The summed E-state index contributed by atoms with van der Waals surface area (Å²) >= 11 is 0. The van der Waals surface area contributed by atoms with Gasteiger partial charge in [0, 0.05) is 11.0 Å². The van der Waals surface area contributed by atoms with Gasteiger partial charge >= 0.3 is 0 Å². The van der Waals surface area contributed by atoms with Crippen molar-refractivity contribution in [1.82, 2.24) is 0 Å². The first kappa shape index (κ1) is 11.7. The summed E-state index contributed by atoms with van der Waals surface area (Å²) in [5.41, 5.74) is 1.22. The van der Waals surface area contributed by atoms with Gasteiger partial charge < -0.3 is 0 Å². The molecule has 0 saturated heterocycles. The van der Waals surface area contributed by atoms with Gasteiger partial charge in [-0.15, -0.1) is 0 Å². The first-order chi connectivity index (χ1) is 6.99. The van der Waals surface area contributed by atoms with Crippen LogP contribution in [0.2, 0.25) is 0 Å². The lowest BCUT2D eigenvalue weighted by atomic mass is 9.80. The van der Waals surface area contributed by atoms with Crippen molar-refractivity contribution in [2.75, 3.05) is 0 Å². The standard InChI is InChI=1S/C14H18O/c1-5-14(3,4)13(15)11(2)12-9-7-6-8-10-12/h6-10H,2,5H2,1,3-4H3. The van der Waals surface area contributed by atoms with E-state index in [4.69, 9.17) is 0 Å². The SMILES string of the molecule is C=C(C(=O)C(C)(C)CC)c1ccccc1. The van der Waals surface area contributed by atoms with E-state index in [1.165, 1.54) is 0 Å². The van der Waals surface area contributed by atoms with Crippen molar-refractivity contribution >= 4 is 11.4 Å². The van der Waals surface area contributed by atoms with Gasteiger partial charge in [-0.2, -0.15) is 0 Å². The summed E-state index contributed by atoms with van der Waals surface area (Å²) in [4.78, 5) is 12.1. The number of allylic oxidation sites excluding steroid dienone is 1. The molecule has 0 bridgehead atoms. The highest BCUT2D eigenvalue weighted by molar-refractivity contribution is 6.22. The van der Waals surface area contributed by atoms with Crippen LogP contribution in [0.4, 0.5) is 0 Å². The van der Waals surface area contributed by atoms with Crippen molar-refractivity contribution in [3.63, 3.8) is 0 Å². The summed E-state index contributed by atoms with van der Waals surface area (Å²) < 4.78 is 0. The number of Topliss-reactive ketones (excluding diaryl/α,β-unsaturated/α-hetero) is 1. The Labute approximate surface area is 91.8 Å². The third kappa shape index (κ3) is 2.56. The first-order valence-electron chi connectivity index (χ1n) is 5.28. The van der Waals surface area contributed by atoms with E-state index in [1.54, 1.807) is 0 Å². The van der Waals surface area contributed by atoms with Crippen molar-refractivity contribution < 1.29 is 4.79 Å². The molecule has 15 heavy (non-hydrogen) atoms. The maximum absolute atomic E-state index is 12.1. The van der Waals surface area contributed by atoms with E-state index < -0.39 is 0 Å². The van der Waals surface area contributed by atoms with Gasteiger partial charge in [0.05, 0.1) is 0 Å². The van der Waals surface area contributed by atoms with E-state index in [0.717, 1.165) is 12.0 Å². The highest BCUT2D eigenvalue weighted by Gasteiger charge is 2.27. The summed E-state index contributed by atoms with van der Waals surface area (Å²) in [6.45, 7) is 9.84. The van der Waals surface area contributed by atoms with Crippen LogP contribution >= 0.6 is 0 Å². The fourth-order valence-corrected chi connectivity index (χ4v) is 1.34. The van der Waals surface area contributed by atoms with Gasteiger partial charge in [0.2, 0.25) is 0 Å². The molecule has 1 rings (SSSR count). The maximum Gasteiger partial charge on any atom is 0.168 e. The average molecular weight is 202 g/mol. The number of hydrogen-bond acceptors (Lipinski definition) is 1. The van der Waals surface area contributed by atoms with Crippen LogP contribution in [0.1, 0.15) is 32.8 Å². The van der Waals surface area contributed by atoms with Crippen LogP contribution in [0.3, 0.4) is 0 Å². The second-order valence-electron chi connectivity index (χ2n) is 4.41. The summed E-state index contributed by atoms with van der Waals surface area (Å²) in [6, 6.07) is 9.63. The fourth-order valence-electron chi connectivity index (χ4n) is 1.34. The van der Waals surface area contributed by atoms with E-state index >= 15 is 0 Å². The van der Waals surface area contributed by atoms with E-state index in [0.29, 0.717) is 5.57 Å². The van der Waals surface area contributed by atoms with Crippen molar-refractivity contribution in [2.45, 2.75) is 27.2 Å². The van der Waals surface area contributed by atoms with Crippen molar-refractivity contribution in [3.05, 3.63) is 42.5 Å². The minimum Gasteiger partial charge on any atom is -0.294 e. The minimum absolute atomic E-state index is 0.135. The molecule has 0 atom stereocenters. The molecule has 1 aromatic carbocycles. The lowest BCUT2D eigenvalue weighted by molar-refractivity contribution is -0.121. The number of carbonyl (C=O) groups is 1. The van der Waals surface area contributed by atoms with Crippen LogP contribution in [0.25, 0.3) is 5.57 Å². The molecular weight excluding hydrogens is 184 g/mol. The van der Waals surface area contributed by atoms with Crippen LogP contribution in [-0.4, -0.2) is 5.78 Å². The number of rotatable bonds is 4. The Kier molecular flexibility index (Phi) is 3.46. The summed E-state index contributed by atoms with van der Waals surface area (Å²) in [5.74, 6) is 0.135. The Hall–Kier alpha value is -1.37. The summed E-state index contributed by atoms with van der Waals surface area (Å²) in [7, 11) is 0. The summed E-state index contributed by atoms with van der Waals surface area (Å²) in [5, 5.41) is 0. The van der Waals surface area contributed by atoms with Gasteiger partial charge in [-0.3, -0.25) is 4.79 Å². The Morgan fingerprint density at radius 2 is 1.80 bits per heavy atom. The van der Waals surface area contributed by atoms with Gasteiger partial charge in [-0.05, 0) is 12.0 Å². The van der Waals surface area contributed by atoms with Gasteiger partial charge in [0.25, 0.3) is 0 Å². The number of benzene rings is 1. The minimum atomic E-state index is -0.313. The topological polar surface area (TPSA) is 17.1 Å². The number of hydrogen-bond donors (Lipinski definition) is 0. The maximum atomic E-state index is 12.1. The molecule has 0 fully saturated rings. The molecule has 0 spiro atoms. The van der Waals surface area contributed by atoms with E-state index in [1.807, 2.05) is 51.1 Å². The van der Waals surface area contributed by atoms with E-state index in [2.05, 4.69) is 6.58 Å². The van der Waals surface area contributed by atoms with Crippen molar-refractivity contribution in [3.8, 4) is 0 Å². The van der Waals surface area contributed by atoms with Crippen molar-refractivity contribution in [1.29, 1.82) is 0 Å². The Morgan fingerprint density at radius 3 is 2.27 bits per heavy atom. The quantitative estimate of drug-likeness (QED) is 0.680. The van der Waals surface area contributed by atoms with Gasteiger partial charge in [-0.25, -0.2) is 0 Å². The number of carbonyl (C=O) groups excluding carboxylic acids is 1. The average Bonchev–Trinajstić information content (AvgIpc) is 2.28. The molecule has 0 amide bonds. The molecule has 1 aromatic rings. The predicted molar refractivity (Wildman–Crippen MR) is 64.6 cm³/mol. The first-order valence-corrected chi connectivity index (χ1v) is 5.28. The monoisotopic (exact) mass is 202 g/mol. The molecule has 1 heteroatoms. The van der Waals surface area contributed by atoms with E-state index in [-0.39, 0.29) is 11.2 Å². The van der Waals surface area contributed by atoms with Crippen LogP contribution in [0.5, 0.6) is 0 Å².